The van der Waals surface area contributed by atoms with Crippen molar-refractivity contribution in [1.82, 2.24) is 4.98 Å². The molecule has 96 valence electrons. The minimum atomic E-state index is 0.756. The van der Waals surface area contributed by atoms with E-state index < -0.39 is 0 Å². The molecule has 1 heterocycles. The summed E-state index contributed by atoms with van der Waals surface area (Å²) in [7, 11) is 0. The van der Waals surface area contributed by atoms with E-state index in [1.54, 1.807) is 0 Å². The van der Waals surface area contributed by atoms with Crippen LogP contribution in [0.15, 0.2) is 48.7 Å². The molecule has 0 aliphatic heterocycles. The Morgan fingerprint density at radius 2 is 2.00 bits per heavy atom. The molecule has 2 N–H and O–H groups in total. The first kappa shape index (κ1) is 12.1. The van der Waals surface area contributed by atoms with Crippen LogP contribution in [-0.4, -0.2) is 4.98 Å². The number of anilines is 1. The highest BCUT2D eigenvalue weighted by Crippen LogP contribution is 2.23. The highest BCUT2D eigenvalue weighted by atomic mass is 35.5. The summed E-state index contributed by atoms with van der Waals surface area (Å²) >= 11 is 6.17. The molecule has 0 saturated heterocycles. The molecule has 0 spiro atoms. The van der Waals surface area contributed by atoms with Gasteiger partial charge in [0.05, 0.1) is 10.7 Å². The third-order valence-corrected chi connectivity index (χ3v) is 3.55. The molecule has 0 bridgehead atoms. The van der Waals surface area contributed by atoms with Crippen LogP contribution in [0, 0.1) is 6.92 Å². The van der Waals surface area contributed by atoms with E-state index in [0.717, 1.165) is 22.8 Å². The lowest BCUT2D eigenvalue weighted by atomic mass is 10.1. The minimum absolute atomic E-state index is 0.756. The van der Waals surface area contributed by atoms with Gasteiger partial charge in [-0.1, -0.05) is 29.8 Å². The molecule has 0 aliphatic rings. The van der Waals surface area contributed by atoms with Crippen molar-refractivity contribution in [2.75, 3.05) is 5.32 Å². The summed E-state index contributed by atoms with van der Waals surface area (Å²) in [6.07, 6.45) is 1.96. The number of benzene rings is 2. The van der Waals surface area contributed by atoms with E-state index in [-0.39, 0.29) is 0 Å². The smallest absolute Gasteiger partial charge is 0.0637 e. The Balaban J connectivity index is 1.79. The van der Waals surface area contributed by atoms with Gasteiger partial charge >= 0.3 is 0 Å². The first-order chi connectivity index (χ1) is 9.22. The summed E-state index contributed by atoms with van der Waals surface area (Å²) < 4.78 is 0. The van der Waals surface area contributed by atoms with Crippen molar-refractivity contribution in [3.63, 3.8) is 0 Å². The second-order valence-corrected chi connectivity index (χ2v) is 5.14. The summed E-state index contributed by atoms with van der Waals surface area (Å²) in [5, 5.41) is 5.37. The summed E-state index contributed by atoms with van der Waals surface area (Å²) in [6, 6.07) is 14.5. The van der Waals surface area contributed by atoms with Gasteiger partial charge in [0.2, 0.25) is 0 Å². The van der Waals surface area contributed by atoms with Crippen LogP contribution < -0.4 is 5.32 Å². The van der Waals surface area contributed by atoms with Crippen molar-refractivity contribution in [1.29, 1.82) is 0 Å². The van der Waals surface area contributed by atoms with E-state index in [4.69, 9.17) is 11.6 Å². The molecule has 1 aromatic heterocycles. The molecular weight excluding hydrogens is 256 g/mol. The molecule has 0 amide bonds. The average Bonchev–Trinajstić information content (AvgIpc) is 2.87. The molecule has 0 aliphatic carbocycles. The number of fused-ring (bicyclic) bond motifs is 1. The Morgan fingerprint density at radius 1 is 1.11 bits per heavy atom. The number of aromatic nitrogens is 1. The number of hydrogen-bond acceptors (Lipinski definition) is 1. The Morgan fingerprint density at radius 3 is 2.89 bits per heavy atom. The zero-order valence-corrected chi connectivity index (χ0v) is 11.5. The first-order valence-electron chi connectivity index (χ1n) is 6.28. The molecule has 3 rings (SSSR count). The zero-order chi connectivity index (χ0) is 13.2. The van der Waals surface area contributed by atoms with Gasteiger partial charge in [-0.25, -0.2) is 0 Å². The summed E-state index contributed by atoms with van der Waals surface area (Å²) in [6.45, 7) is 2.82. The van der Waals surface area contributed by atoms with Gasteiger partial charge in [0.15, 0.2) is 0 Å². The van der Waals surface area contributed by atoms with E-state index >= 15 is 0 Å². The van der Waals surface area contributed by atoms with E-state index in [9.17, 15) is 0 Å². The maximum Gasteiger partial charge on any atom is 0.0637 e. The van der Waals surface area contributed by atoms with Gasteiger partial charge in [-0.15, -0.1) is 0 Å². The van der Waals surface area contributed by atoms with Gasteiger partial charge in [0.1, 0.15) is 0 Å². The molecule has 2 nitrogen and oxygen atoms in total. The van der Waals surface area contributed by atoms with Gasteiger partial charge in [0, 0.05) is 18.3 Å². The van der Waals surface area contributed by atoms with Gasteiger partial charge in [-0.05, 0) is 47.7 Å². The fourth-order valence-corrected chi connectivity index (χ4v) is 2.36. The number of halogens is 1. The van der Waals surface area contributed by atoms with Crippen LogP contribution in [0.1, 0.15) is 11.1 Å². The van der Waals surface area contributed by atoms with Crippen molar-refractivity contribution in [2.45, 2.75) is 13.5 Å². The van der Waals surface area contributed by atoms with Crippen molar-refractivity contribution in [3.8, 4) is 0 Å². The number of rotatable bonds is 3. The van der Waals surface area contributed by atoms with E-state index in [2.05, 4.69) is 47.6 Å². The first-order valence-corrected chi connectivity index (χ1v) is 6.66. The number of aryl methyl sites for hydroxylation is 1. The number of aromatic amines is 1. The molecule has 3 heteroatoms. The van der Waals surface area contributed by atoms with Crippen LogP contribution in [0.4, 0.5) is 5.69 Å². The van der Waals surface area contributed by atoms with Gasteiger partial charge < -0.3 is 10.3 Å². The normalized spacial score (nSPS) is 10.8. The lowest BCUT2D eigenvalue weighted by Gasteiger charge is -2.09. The van der Waals surface area contributed by atoms with Gasteiger partial charge in [0.25, 0.3) is 0 Å². The summed E-state index contributed by atoms with van der Waals surface area (Å²) in [4.78, 5) is 3.22. The van der Waals surface area contributed by atoms with Crippen LogP contribution in [0.3, 0.4) is 0 Å². The predicted octanol–water partition coefficient (Wildman–Crippen LogP) is 4.74. The molecule has 3 aromatic rings. The van der Waals surface area contributed by atoms with Crippen LogP contribution >= 0.6 is 11.6 Å². The van der Waals surface area contributed by atoms with Crippen LogP contribution in [0.2, 0.25) is 5.02 Å². The third kappa shape index (κ3) is 2.59. The Bertz CT molecular complexity index is 716. The molecule has 0 fully saturated rings. The van der Waals surface area contributed by atoms with Crippen LogP contribution in [0.5, 0.6) is 0 Å². The fourth-order valence-electron chi connectivity index (χ4n) is 2.18. The zero-order valence-electron chi connectivity index (χ0n) is 10.7. The van der Waals surface area contributed by atoms with E-state index in [0.29, 0.717) is 0 Å². The van der Waals surface area contributed by atoms with Crippen LogP contribution in [-0.2, 0) is 6.54 Å². The minimum Gasteiger partial charge on any atom is -0.380 e. The average molecular weight is 271 g/mol. The summed E-state index contributed by atoms with van der Waals surface area (Å²) in [5.74, 6) is 0. The highest BCUT2D eigenvalue weighted by Gasteiger charge is 2.01. The second-order valence-electron chi connectivity index (χ2n) is 4.74. The quantitative estimate of drug-likeness (QED) is 0.707. The third-order valence-electron chi connectivity index (χ3n) is 3.22. The lowest BCUT2D eigenvalue weighted by Crippen LogP contribution is -2.00. The number of H-pyrrole nitrogens is 1. The maximum atomic E-state index is 6.17. The predicted molar refractivity (Wildman–Crippen MR) is 81.8 cm³/mol. The van der Waals surface area contributed by atoms with Crippen molar-refractivity contribution in [2.24, 2.45) is 0 Å². The number of nitrogens with one attached hydrogen (secondary N) is 2. The molecular formula is C16H15ClN2. The highest BCUT2D eigenvalue weighted by molar-refractivity contribution is 6.33. The topological polar surface area (TPSA) is 27.8 Å². The number of hydrogen-bond donors (Lipinski definition) is 2. The Hall–Kier alpha value is -1.93. The SMILES string of the molecule is Cc1ccc(Cl)c(NCc2ccc3cc[nH]c3c2)c1. The standard InChI is InChI=1S/C16H15ClN2/c1-11-2-5-14(17)16(8-11)19-10-12-3-4-13-6-7-18-15(13)9-12/h2-9,18-19H,10H2,1H3. The molecule has 0 atom stereocenters. The molecule has 0 saturated carbocycles. The molecule has 0 radical (unpaired) electrons. The van der Waals surface area contributed by atoms with E-state index in [1.165, 1.54) is 16.5 Å². The van der Waals surface area contributed by atoms with E-state index in [1.807, 2.05) is 18.3 Å². The molecule has 19 heavy (non-hydrogen) atoms. The monoisotopic (exact) mass is 270 g/mol. The van der Waals surface area contributed by atoms with Crippen molar-refractivity contribution in [3.05, 3.63) is 64.8 Å². The van der Waals surface area contributed by atoms with Crippen molar-refractivity contribution < 1.29 is 0 Å². The lowest BCUT2D eigenvalue weighted by molar-refractivity contribution is 1.15. The Kier molecular flexibility index (Phi) is 3.18. The second kappa shape index (κ2) is 4.98. The fraction of sp³-hybridized carbons (Fsp3) is 0.125. The van der Waals surface area contributed by atoms with Crippen molar-refractivity contribution >= 4 is 28.2 Å². The molecule has 2 aromatic carbocycles. The van der Waals surface area contributed by atoms with Gasteiger partial charge in [-0.3, -0.25) is 0 Å². The maximum absolute atomic E-state index is 6.17. The molecule has 0 unspecified atom stereocenters. The van der Waals surface area contributed by atoms with Crippen LogP contribution in [0.25, 0.3) is 10.9 Å². The largest absolute Gasteiger partial charge is 0.380 e. The van der Waals surface area contributed by atoms with Gasteiger partial charge in [-0.2, -0.15) is 0 Å². The Labute approximate surface area is 117 Å². The summed E-state index contributed by atoms with van der Waals surface area (Å²) in [5.41, 5.74) is 4.57.